The fourth-order valence-corrected chi connectivity index (χ4v) is 1.64. The molecule has 2 N–H and O–H groups in total. The highest BCUT2D eigenvalue weighted by Gasteiger charge is 2.27. The quantitative estimate of drug-likeness (QED) is 0.581. The predicted molar refractivity (Wildman–Crippen MR) is 46.7 cm³/mol. The van der Waals surface area contributed by atoms with Gasteiger partial charge in [-0.15, -0.1) is 5.06 Å². The molecule has 1 atom stereocenters. The Hall–Kier alpha value is -1.00. The molecule has 72 valence electrons. The van der Waals surface area contributed by atoms with Gasteiger partial charge < -0.3 is 15.1 Å². The molecule has 0 spiro atoms. The Morgan fingerprint density at radius 1 is 1.62 bits per heavy atom. The molecule has 0 aromatic carbocycles. The highest BCUT2D eigenvalue weighted by atomic mass is 16.7. The number of aliphatic hydroxyl groups excluding tert-OH is 2. The summed E-state index contributed by atoms with van der Waals surface area (Å²) in [4.78, 5) is 5.34. The van der Waals surface area contributed by atoms with Crippen LogP contribution in [0.15, 0.2) is 23.2 Å². The zero-order chi connectivity index (χ0) is 9.42. The van der Waals surface area contributed by atoms with Crippen LogP contribution in [0.4, 0.5) is 0 Å². The van der Waals surface area contributed by atoms with Gasteiger partial charge >= 0.3 is 0 Å². The monoisotopic (exact) mass is 183 g/mol. The summed E-state index contributed by atoms with van der Waals surface area (Å²) in [6.45, 7) is 0.588. The van der Waals surface area contributed by atoms with Gasteiger partial charge in [0.05, 0.1) is 18.2 Å². The summed E-state index contributed by atoms with van der Waals surface area (Å²) in [5.74, 6) is 0.942. The largest absolute Gasteiger partial charge is 0.508 e. The lowest BCUT2D eigenvalue weighted by molar-refractivity contribution is -0.0744. The summed E-state index contributed by atoms with van der Waals surface area (Å²) < 4.78 is 0. The van der Waals surface area contributed by atoms with Crippen LogP contribution in [0.3, 0.4) is 0 Å². The Bertz CT molecular complexity index is 283. The molecule has 0 aromatic heterocycles. The number of hydroxylamine groups is 2. The van der Waals surface area contributed by atoms with Gasteiger partial charge in [-0.3, -0.25) is 0 Å². The number of rotatable bonds is 0. The van der Waals surface area contributed by atoms with Crippen LogP contribution < -0.4 is 0 Å². The van der Waals surface area contributed by atoms with Gasteiger partial charge in [-0.2, -0.15) is 0 Å². The highest BCUT2D eigenvalue weighted by Crippen LogP contribution is 2.29. The van der Waals surface area contributed by atoms with E-state index < -0.39 is 6.10 Å². The smallest absolute Gasteiger partial charge is 0.135 e. The van der Waals surface area contributed by atoms with E-state index in [0.29, 0.717) is 25.1 Å². The van der Waals surface area contributed by atoms with Crippen LogP contribution in [-0.4, -0.2) is 35.0 Å². The van der Waals surface area contributed by atoms with Crippen molar-refractivity contribution in [3.63, 3.8) is 0 Å². The first-order chi connectivity index (χ1) is 6.16. The third-order valence-corrected chi connectivity index (χ3v) is 2.30. The maximum atomic E-state index is 9.58. The van der Waals surface area contributed by atoms with E-state index in [4.69, 9.17) is 4.84 Å². The molecule has 1 heterocycles. The minimum atomic E-state index is -0.443. The van der Waals surface area contributed by atoms with Crippen molar-refractivity contribution >= 4 is 0 Å². The summed E-state index contributed by atoms with van der Waals surface area (Å²) in [6, 6.07) is 0. The van der Waals surface area contributed by atoms with E-state index in [1.807, 2.05) is 0 Å². The molecule has 2 aliphatic rings. The average Bonchev–Trinajstić information content (AvgIpc) is 2.37. The molecule has 2 rings (SSSR count). The Balaban J connectivity index is 2.28. The second kappa shape index (κ2) is 3.05. The number of hydrogen-bond donors (Lipinski definition) is 2. The maximum absolute atomic E-state index is 9.58. The van der Waals surface area contributed by atoms with Crippen LogP contribution in [0.5, 0.6) is 0 Å². The van der Waals surface area contributed by atoms with Crippen LogP contribution in [0.1, 0.15) is 12.8 Å². The highest BCUT2D eigenvalue weighted by molar-refractivity contribution is 5.33. The number of hydrogen-bond acceptors (Lipinski definition) is 4. The van der Waals surface area contributed by atoms with E-state index in [1.165, 1.54) is 0 Å². The zero-order valence-corrected chi connectivity index (χ0v) is 7.53. The molecule has 4 nitrogen and oxygen atoms in total. The Morgan fingerprint density at radius 3 is 3.15 bits per heavy atom. The molecule has 1 unspecified atom stereocenters. The van der Waals surface area contributed by atoms with Gasteiger partial charge in [0.25, 0.3) is 0 Å². The first-order valence-electron chi connectivity index (χ1n) is 4.35. The van der Waals surface area contributed by atoms with Crippen molar-refractivity contribution in [2.75, 3.05) is 13.6 Å². The summed E-state index contributed by atoms with van der Waals surface area (Å²) in [7, 11) is 1.80. The van der Waals surface area contributed by atoms with Crippen molar-refractivity contribution in [1.82, 2.24) is 5.06 Å². The zero-order valence-electron chi connectivity index (χ0n) is 7.53. The van der Waals surface area contributed by atoms with E-state index in [0.717, 1.165) is 5.57 Å². The van der Waals surface area contributed by atoms with E-state index in [9.17, 15) is 10.2 Å². The summed E-state index contributed by atoms with van der Waals surface area (Å²) in [6.07, 6.45) is 2.18. The predicted octanol–water partition coefficient (Wildman–Crippen LogP) is 0.714. The fourth-order valence-electron chi connectivity index (χ4n) is 1.64. The standard InChI is InChI=1S/C9H13NO3/c1-10-5-7-8(12)3-2-6(11)4-9(7)13-10/h3,6,11-12H,2,4-5H2,1H3. The van der Waals surface area contributed by atoms with Crippen molar-refractivity contribution in [2.45, 2.75) is 18.9 Å². The molecule has 0 saturated carbocycles. The van der Waals surface area contributed by atoms with Crippen LogP contribution >= 0.6 is 0 Å². The molecule has 1 aliphatic heterocycles. The maximum Gasteiger partial charge on any atom is 0.135 e. The van der Waals surface area contributed by atoms with Crippen LogP contribution in [0.25, 0.3) is 0 Å². The van der Waals surface area contributed by atoms with Gasteiger partial charge in [-0.1, -0.05) is 0 Å². The van der Waals surface area contributed by atoms with E-state index in [2.05, 4.69) is 0 Å². The minimum absolute atomic E-state index is 0.246. The molecular weight excluding hydrogens is 170 g/mol. The third-order valence-electron chi connectivity index (χ3n) is 2.30. The topological polar surface area (TPSA) is 52.9 Å². The van der Waals surface area contributed by atoms with Gasteiger partial charge in [0.15, 0.2) is 0 Å². The van der Waals surface area contributed by atoms with Crippen molar-refractivity contribution in [1.29, 1.82) is 0 Å². The van der Waals surface area contributed by atoms with Gasteiger partial charge in [-0.05, 0) is 12.5 Å². The van der Waals surface area contributed by atoms with Gasteiger partial charge in [0.2, 0.25) is 0 Å². The molecule has 4 heteroatoms. The molecule has 0 bridgehead atoms. The SMILES string of the molecule is CN1CC2=C(CC(O)CC=C2O)O1. The third kappa shape index (κ3) is 1.55. The normalized spacial score (nSPS) is 29.4. The summed E-state index contributed by atoms with van der Waals surface area (Å²) >= 11 is 0. The fraction of sp³-hybridized carbons (Fsp3) is 0.556. The molecule has 0 aromatic rings. The van der Waals surface area contributed by atoms with E-state index >= 15 is 0 Å². The lowest BCUT2D eigenvalue weighted by Crippen LogP contribution is -2.14. The first-order valence-corrected chi connectivity index (χ1v) is 4.35. The van der Waals surface area contributed by atoms with Gasteiger partial charge in [0.1, 0.15) is 11.5 Å². The molecule has 1 aliphatic carbocycles. The molecule has 0 amide bonds. The molecule has 0 fully saturated rings. The lowest BCUT2D eigenvalue weighted by Gasteiger charge is -2.11. The molecular formula is C9H13NO3. The Morgan fingerprint density at radius 2 is 2.38 bits per heavy atom. The van der Waals surface area contributed by atoms with Crippen molar-refractivity contribution < 1.29 is 15.1 Å². The van der Waals surface area contributed by atoms with Crippen molar-refractivity contribution in [3.05, 3.63) is 23.2 Å². The first kappa shape index (κ1) is 8.59. The molecule has 0 saturated heterocycles. The van der Waals surface area contributed by atoms with Crippen molar-refractivity contribution in [2.24, 2.45) is 0 Å². The summed E-state index contributed by atoms with van der Waals surface area (Å²) in [5, 5.41) is 20.7. The summed E-state index contributed by atoms with van der Waals surface area (Å²) in [5.41, 5.74) is 0.805. The lowest BCUT2D eigenvalue weighted by atomic mass is 10.1. The number of likely N-dealkylation sites (N-methyl/N-ethyl adjacent to an activating group) is 1. The second-order valence-electron chi connectivity index (χ2n) is 3.46. The molecule has 0 radical (unpaired) electrons. The van der Waals surface area contributed by atoms with Crippen LogP contribution in [0, 0.1) is 0 Å². The van der Waals surface area contributed by atoms with E-state index in [-0.39, 0.29) is 5.76 Å². The molecule has 13 heavy (non-hydrogen) atoms. The Labute approximate surface area is 76.7 Å². The van der Waals surface area contributed by atoms with Crippen molar-refractivity contribution in [3.8, 4) is 0 Å². The minimum Gasteiger partial charge on any atom is -0.508 e. The van der Waals surface area contributed by atoms with Gasteiger partial charge in [-0.25, -0.2) is 0 Å². The Kier molecular flexibility index (Phi) is 2.01. The number of nitrogens with zero attached hydrogens (tertiary/aromatic N) is 1. The second-order valence-corrected chi connectivity index (χ2v) is 3.46. The number of aliphatic hydroxyl groups is 2. The average molecular weight is 183 g/mol. The van der Waals surface area contributed by atoms with Crippen LogP contribution in [-0.2, 0) is 4.84 Å². The van der Waals surface area contributed by atoms with Gasteiger partial charge in [0, 0.05) is 13.5 Å². The van der Waals surface area contributed by atoms with E-state index in [1.54, 1.807) is 18.2 Å². The van der Waals surface area contributed by atoms with Crippen LogP contribution in [0.2, 0.25) is 0 Å².